The first-order valence-corrected chi connectivity index (χ1v) is 9.02. The quantitative estimate of drug-likeness (QED) is 0.375. The van der Waals surface area contributed by atoms with Crippen LogP contribution in [0.3, 0.4) is 0 Å². The van der Waals surface area contributed by atoms with Gasteiger partial charge in [0.1, 0.15) is 5.76 Å². The Morgan fingerprint density at radius 3 is 2.50 bits per heavy atom. The predicted octanol–water partition coefficient (Wildman–Crippen LogP) is 4.26. The van der Waals surface area contributed by atoms with Crippen molar-refractivity contribution in [3.63, 3.8) is 0 Å². The van der Waals surface area contributed by atoms with Gasteiger partial charge in [0.05, 0.1) is 27.4 Å². The van der Waals surface area contributed by atoms with E-state index < -0.39 is 10.8 Å². The number of benzene rings is 2. The fourth-order valence-electron chi connectivity index (χ4n) is 3.38. The highest BCUT2D eigenvalue weighted by Gasteiger charge is 2.17. The van der Waals surface area contributed by atoms with Crippen LogP contribution in [0.25, 0.3) is 22.0 Å². The standard InChI is InChI=1S/C21H17N5O4/c1-11-19(12(2)30-25-11)13-3-8-16-18(9-13)23-10-17(21(22)27)20(16)24-14-4-6-15(7-5-14)26(28)29/h3-10H,1-2H3,(H2,22,27)(H,23,24). The maximum absolute atomic E-state index is 12.0. The Balaban J connectivity index is 1.83. The largest absolute Gasteiger partial charge is 0.365 e. The highest BCUT2D eigenvalue weighted by atomic mass is 16.6. The normalized spacial score (nSPS) is 10.9. The van der Waals surface area contributed by atoms with Crippen LogP contribution in [0.5, 0.6) is 0 Å². The number of nitrogens with zero attached hydrogens (tertiary/aromatic N) is 3. The van der Waals surface area contributed by atoms with Crippen LogP contribution < -0.4 is 11.1 Å². The van der Waals surface area contributed by atoms with Crippen molar-refractivity contribution in [2.75, 3.05) is 5.32 Å². The highest BCUT2D eigenvalue weighted by Crippen LogP contribution is 2.34. The minimum Gasteiger partial charge on any atom is -0.365 e. The Labute approximate surface area is 170 Å². The molecule has 2 heterocycles. The number of rotatable bonds is 5. The number of nitrogens with two attached hydrogens (primary N) is 1. The second kappa shape index (κ2) is 7.28. The van der Waals surface area contributed by atoms with Crippen LogP contribution in [0.2, 0.25) is 0 Å². The molecule has 0 saturated carbocycles. The second-order valence-electron chi connectivity index (χ2n) is 6.77. The molecule has 9 heteroatoms. The number of primary amides is 1. The molecule has 2 aromatic carbocycles. The summed E-state index contributed by atoms with van der Waals surface area (Å²) in [6, 6.07) is 11.5. The van der Waals surface area contributed by atoms with Crippen LogP contribution in [0, 0.1) is 24.0 Å². The summed E-state index contributed by atoms with van der Waals surface area (Å²) in [4.78, 5) is 26.8. The van der Waals surface area contributed by atoms with Crippen LogP contribution in [-0.4, -0.2) is 21.0 Å². The van der Waals surface area contributed by atoms with E-state index in [1.807, 2.05) is 32.0 Å². The monoisotopic (exact) mass is 403 g/mol. The number of anilines is 2. The number of fused-ring (bicyclic) bond motifs is 1. The Kier molecular flexibility index (Phi) is 4.63. The number of hydrogen-bond donors (Lipinski definition) is 2. The van der Waals surface area contributed by atoms with E-state index in [9.17, 15) is 14.9 Å². The summed E-state index contributed by atoms with van der Waals surface area (Å²) in [5.74, 6) is 0.0634. The van der Waals surface area contributed by atoms with Crippen molar-refractivity contribution in [1.82, 2.24) is 10.1 Å². The Hall–Kier alpha value is -4.27. The van der Waals surface area contributed by atoms with Crippen molar-refractivity contribution in [1.29, 1.82) is 0 Å². The van der Waals surface area contributed by atoms with Gasteiger partial charge in [-0.1, -0.05) is 17.3 Å². The number of carbonyl (C=O) groups excluding carboxylic acids is 1. The van der Waals surface area contributed by atoms with Crippen molar-refractivity contribution in [3.05, 3.63) is 75.8 Å². The molecule has 0 unspecified atom stereocenters. The van der Waals surface area contributed by atoms with Gasteiger partial charge in [-0.2, -0.15) is 0 Å². The number of carbonyl (C=O) groups is 1. The Morgan fingerprint density at radius 1 is 1.17 bits per heavy atom. The third-order valence-corrected chi connectivity index (χ3v) is 4.80. The first-order valence-electron chi connectivity index (χ1n) is 9.02. The van der Waals surface area contributed by atoms with Gasteiger partial charge in [0.2, 0.25) is 0 Å². The van der Waals surface area contributed by atoms with Crippen molar-refractivity contribution >= 4 is 33.9 Å². The number of nitro benzene ring substituents is 1. The lowest BCUT2D eigenvalue weighted by Gasteiger charge is -2.14. The van der Waals surface area contributed by atoms with Gasteiger partial charge in [-0.25, -0.2) is 0 Å². The Bertz CT molecular complexity index is 1280. The van der Waals surface area contributed by atoms with Crippen LogP contribution in [0.15, 0.2) is 53.2 Å². The number of aryl methyl sites for hydroxylation is 2. The molecule has 0 aliphatic heterocycles. The molecule has 30 heavy (non-hydrogen) atoms. The molecule has 4 rings (SSSR count). The van der Waals surface area contributed by atoms with Crippen molar-refractivity contribution in [2.45, 2.75) is 13.8 Å². The summed E-state index contributed by atoms with van der Waals surface area (Å²) in [5, 5.41) is 18.7. The molecule has 2 aromatic heterocycles. The van der Waals surface area contributed by atoms with Gasteiger partial charge in [-0.3, -0.25) is 19.9 Å². The molecule has 0 fully saturated rings. The number of amides is 1. The number of pyridine rings is 1. The van der Waals surface area contributed by atoms with E-state index in [2.05, 4.69) is 15.5 Å². The maximum Gasteiger partial charge on any atom is 0.269 e. The predicted molar refractivity (Wildman–Crippen MR) is 112 cm³/mol. The van der Waals surface area contributed by atoms with E-state index in [1.54, 1.807) is 12.1 Å². The molecule has 4 aromatic rings. The van der Waals surface area contributed by atoms with Crippen molar-refractivity contribution in [3.8, 4) is 11.1 Å². The smallest absolute Gasteiger partial charge is 0.269 e. The van der Waals surface area contributed by atoms with E-state index in [4.69, 9.17) is 10.3 Å². The molecular weight excluding hydrogens is 386 g/mol. The van der Waals surface area contributed by atoms with E-state index in [1.165, 1.54) is 18.3 Å². The average Bonchev–Trinajstić information content (AvgIpc) is 3.06. The molecule has 9 nitrogen and oxygen atoms in total. The topological polar surface area (TPSA) is 137 Å². The lowest BCUT2D eigenvalue weighted by molar-refractivity contribution is -0.384. The van der Waals surface area contributed by atoms with Crippen LogP contribution >= 0.6 is 0 Å². The molecule has 0 radical (unpaired) electrons. The molecule has 0 aliphatic rings. The molecule has 150 valence electrons. The first-order chi connectivity index (χ1) is 14.3. The molecule has 0 aliphatic carbocycles. The summed E-state index contributed by atoms with van der Waals surface area (Å²) in [6.45, 7) is 3.70. The first kappa shape index (κ1) is 19.1. The van der Waals surface area contributed by atoms with Gasteiger partial charge in [-0.05, 0) is 37.6 Å². The van der Waals surface area contributed by atoms with Gasteiger partial charge < -0.3 is 15.6 Å². The van der Waals surface area contributed by atoms with E-state index in [0.29, 0.717) is 28.0 Å². The van der Waals surface area contributed by atoms with E-state index in [0.717, 1.165) is 16.8 Å². The summed E-state index contributed by atoms with van der Waals surface area (Å²) in [7, 11) is 0. The highest BCUT2D eigenvalue weighted by molar-refractivity contribution is 6.08. The van der Waals surface area contributed by atoms with Crippen molar-refractivity contribution < 1.29 is 14.2 Å². The van der Waals surface area contributed by atoms with Gasteiger partial charge in [0, 0.05) is 35.0 Å². The zero-order chi connectivity index (χ0) is 21.4. The van der Waals surface area contributed by atoms with Crippen LogP contribution in [0.1, 0.15) is 21.8 Å². The fraction of sp³-hybridized carbons (Fsp3) is 0.0952. The minimum absolute atomic E-state index is 0.0284. The minimum atomic E-state index is -0.636. The second-order valence-corrected chi connectivity index (χ2v) is 6.77. The molecule has 0 saturated heterocycles. The van der Waals surface area contributed by atoms with Gasteiger partial charge in [0.25, 0.3) is 11.6 Å². The third kappa shape index (κ3) is 3.32. The zero-order valence-electron chi connectivity index (χ0n) is 16.2. The summed E-state index contributed by atoms with van der Waals surface area (Å²) < 4.78 is 5.25. The number of nitro groups is 1. The summed E-state index contributed by atoms with van der Waals surface area (Å²) >= 11 is 0. The number of aromatic nitrogens is 2. The SMILES string of the molecule is Cc1noc(C)c1-c1ccc2c(Nc3ccc([N+](=O)[O-])cc3)c(C(N)=O)cnc2c1. The van der Waals surface area contributed by atoms with Gasteiger partial charge >= 0.3 is 0 Å². The van der Waals surface area contributed by atoms with Crippen molar-refractivity contribution in [2.24, 2.45) is 5.73 Å². The summed E-state index contributed by atoms with van der Waals surface area (Å²) in [5.41, 5.74) is 9.97. The average molecular weight is 403 g/mol. The zero-order valence-corrected chi connectivity index (χ0v) is 16.2. The number of hydrogen-bond acceptors (Lipinski definition) is 7. The van der Waals surface area contributed by atoms with E-state index >= 15 is 0 Å². The number of nitrogens with one attached hydrogen (secondary N) is 1. The fourth-order valence-corrected chi connectivity index (χ4v) is 3.38. The molecule has 3 N–H and O–H groups in total. The Morgan fingerprint density at radius 2 is 1.90 bits per heavy atom. The lowest BCUT2D eigenvalue weighted by Crippen LogP contribution is -2.14. The molecule has 0 bridgehead atoms. The van der Waals surface area contributed by atoms with Gasteiger partial charge in [-0.15, -0.1) is 0 Å². The van der Waals surface area contributed by atoms with Crippen LogP contribution in [-0.2, 0) is 0 Å². The summed E-state index contributed by atoms with van der Waals surface area (Å²) in [6.07, 6.45) is 1.41. The van der Waals surface area contributed by atoms with Crippen LogP contribution in [0.4, 0.5) is 17.1 Å². The van der Waals surface area contributed by atoms with E-state index in [-0.39, 0.29) is 11.3 Å². The molecule has 1 amide bonds. The molecular formula is C21H17N5O4. The van der Waals surface area contributed by atoms with Gasteiger partial charge in [0.15, 0.2) is 0 Å². The third-order valence-electron chi connectivity index (χ3n) is 4.80. The molecule has 0 atom stereocenters. The molecule has 0 spiro atoms. The maximum atomic E-state index is 12.0. The number of non-ortho nitro benzene ring substituents is 1. The lowest BCUT2D eigenvalue weighted by atomic mass is 10.0.